The molecule has 0 bridgehead atoms. The number of rotatable bonds is 6. The third-order valence-electron chi connectivity index (χ3n) is 4.01. The summed E-state index contributed by atoms with van der Waals surface area (Å²) in [5.74, 6) is 0.731. The van der Waals surface area contributed by atoms with E-state index < -0.39 is 0 Å². The van der Waals surface area contributed by atoms with Crippen LogP contribution in [-0.4, -0.2) is 38.2 Å². The van der Waals surface area contributed by atoms with Crippen LogP contribution in [0.25, 0.3) is 0 Å². The predicted molar refractivity (Wildman–Crippen MR) is 80.8 cm³/mol. The highest BCUT2D eigenvalue weighted by atomic mass is 16.5. The summed E-state index contributed by atoms with van der Waals surface area (Å²) in [7, 11) is 3.86. The lowest BCUT2D eigenvalue weighted by atomic mass is 10.2. The molecule has 1 fully saturated rings. The summed E-state index contributed by atoms with van der Waals surface area (Å²) >= 11 is 0. The maximum Gasteiger partial charge on any atom is 0.143 e. The Morgan fingerprint density at radius 1 is 1.37 bits per heavy atom. The second-order valence-corrected chi connectivity index (χ2v) is 5.27. The summed E-state index contributed by atoms with van der Waals surface area (Å²) in [4.78, 5) is 2.45. The van der Waals surface area contributed by atoms with Gasteiger partial charge in [-0.3, -0.25) is 0 Å². The van der Waals surface area contributed by atoms with E-state index in [4.69, 9.17) is 10.5 Å². The lowest BCUT2D eigenvalue weighted by molar-refractivity contribution is 0.254. The molecular formula is C15H25N3O. The van der Waals surface area contributed by atoms with E-state index in [1.165, 1.54) is 25.7 Å². The Bertz CT molecular complexity index is 402. The van der Waals surface area contributed by atoms with Gasteiger partial charge in [0.25, 0.3) is 0 Å². The number of benzene rings is 1. The zero-order chi connectivity index (χ0) is 13.7. The zero-order valence-electron chi connectivity index (χ0n) is 12.0. The van der Waals surface area contributed by atoms with E-state index in [0.717, 1.165) is 30.6 Å². The fourth-order valence-corrected chi connectivity index (χ4v) is 2.77. The number of anilines is 2. The Balaban J connectivity index is 1.82. The Hall–Kier alpha value is -1.42. The number of likely N-dealkylation sites (N-methyl/N-ethyl adjacent to an activating group) is 1. The molecule has 1 aromatic rings. The van der Waals surface area contributed by atoms with Crippen LogP contribution < -0.4 is 15.8 Å². The molecule has 4 heteroatoms. The van der Waals surface area contributed by atoms with Gasteiger partial charge in [0.05, 0.1) is 18.5 Å². The Kier molecular flexibility index (Phi) is 4.91. The van der Waals surface area contributed by atoms with Gasteiger partial charge in [0.2, 0.25) is 0 Å². The summed E-state index contributed by atoms with van der Waals surface area (Å²) in [6, 6.07) is 6.60. The van der Waals surface area contributed by atoms with Gasteiger partial charge in [0.15, 0.2) is 0 Å². The smallest absolute Gasteiger partial charge is 0.143 e. The van der Waals surface area contributed by atoms with Gasteiger partial charge in [-0.25, -0.2) is 0 Å². The Labute approximate surface area is 115 Å². The molecular weight excluding hydrogens is 238 g/mol. The van der Waals surface area contributed by atoms with Crippen LogP contribution in [0.2, 0.25) is 0 Å². The fourth-order valence-electron chi connectivity index (χ4n) is 2.77. The van der Waals surface area contributed by atoms with Gasteiger partial charge in [-0.1, -0.05) is 18.9 Å². The first-order chi connectivity index (χ1) is 9.22. The molecule has 1 aromatic carbocycles. The maximum atomic E-state index is 6.03. The fraction of sp³-hybridized carbons (Fsp3) is 0.600. The number of nitrogens with two attached hydrogens (primary N) is 1. The van der Waals surface area contributed by atoms with Gasteiger partial charge in [0, 0.05) is 19.1 Å². The van der Waals surface area contributed by atoms with Gasteiger partial charge in [-0.15, -0.1) is 0 Å². The van der Waals surface area contributed by atoms with Crippen LogP contribution in [0.15, 0.2) is 18.2 Å². The summed E-state index contributed by atoms with van der Waals surface area (Å²) in [6.45, 7) is 1.95. The predicted octanol–water partition coefficient (Wildman–Crippen LogP) is 2.56. The topological polar surface area (TPSA) is 50.5 Å². The molecule has 1 aliphatic carbocycles. The van der Waals surface area contributed by atoms with E-state index in [0.29, 0.717) is 5.69 Å². The second-order valence-electron chi connectivity index (χ2n) is 5.27. The van der Waals surface area contributed by atoms with Gasteiger partial charge in [-0.05, 0) is 32.0 Å². The van der Waals surface area contributed by atoms with Crippen molar-refractivity contribution in [2.45, 2.75) is 31.7 Å². The first-order valence-electron chi connectivity index (χ1n) is 7.09. The molecule has 0 aromatic heterocycles. The van der Waals surface area contributed by atoms with Crippen LogP contribution in [-0.2, 0) is 0 Å². The van der Waals surface area contributed by atoms with E-state index in [2.05, 4.69) is 17.3 Å². The molecule has 0 saturated heterocycles. The van der Waals surface area contributed by atoms with Crippen molar-refractivity contribution >= 4 is 11.4 Å². The van der Waals surface area contributed by atoms with Gasteiger partial charge < -0.3 is 20.7 Å². The molecule has 1 saturated carbocycles. The van der Waals surface area contributed by atoms with Crippen molar-refractivity contribution < 1.29 is 4.74 Å². The normalized spacial score (nSPS) is 15.9. The lowest BCUT2D eigenvalue weighted by Crippen LogP contribution is -2.33. The van der Waals surface area contributed by atoms with Crippen molar-refractivity contribution in [3.63, 3.8) is 0 Å². The van der Waals surface area contributed by atoms with Crippen LogP contribution in [0.5, 0.6) is 5.75 Å². The zero-order valence-corrected chi connectivity index (χ0v) is 12.0. The molecule has 106 valence electrons. The number of hydrogen-bond acceptors (Lipinski definition) is 4. The van der Waals surface area contributed by atoms with Crippen LogP contribution in [0.3, 0.4) is 0 Å². The molecule has 4 nitrogen and oxygen atoms in total. The highest BCUT2D eigenvalue weighted by Gasteiger charge is 2.18. The molecule has 0 radical (unpaired) electrons. The van der Waals surface area contributed by atoms with Crippen LogP contribution >= 0.6 is 0 Å². The summed E-state index contributed by atoms with van der Waals surface area (Å²) in [5.41, 5.74) is 7.68. The summed E-state index contributed by atoms with van der Waals surface area (Å²) in [5, 5.41) is 3.40. The Morgan fingerprint density at radius 2 is 2.11 bits per heavy atom. The number of ether oxygens (including phenoxy) is 1. The van der Waals surface area contributed by atoms with Crippen LogP contribution in [0.1, 0.15) is 25.7 Å². The average molecular weight is 263 g/mol. The average Bonchev–Trinajstić information content (AvgIpc) is 2.94. The second kappa shape index (κ2) is 6.66. The molecule has 0 heterocycles. The minimum atomic E-state index is 0.688. The van der Waals surface area contributed by atoms with E-state index in [1.54, 1.807) is 7.11 Å². The number of nitrogens with zero attached hydrogens (tertiary/aromatic N) is 1. The monoisotopic (exact) mass is 263 g/mol. The minimum Gasteiger partial charge on any atom is -0.495 e. The van der Waals surface area contributed by atoms with E-state index >= 15 is 0 Å². The molecule has 3 N–H and O–H groups in total. The van der Waals surface area contributed by atoms with E-state index in [1.807, 2.05) is 18.2 Å². The van der Waals surface area contributed by atoms with Gasteiger partial charge in [-0.2, -0.15) is 0 Å². The molecule has 2 rings (SSSR count). The molecule has 0 amide bonds. The molecule has 0 spiro atoms. The standard InChI is InChI=1S/C15H25N3O/c1-18(12-6-3-4-7-12)11-10-17-13-8-5-9-14(19-2)15(13)16/h5,8-9,12,17H,3-4,6-7,10-11,16H2,1-2H3. The first-order valence-corrected chi connectivity index (χ1v) is 7.09. The van der Waals surface area contributed by atoms with Crippen molar-refractivity contribution in [1.29, 1.82) is 0 Å². The molecule has 1 aliphatic rings. The third kappa shape index (κ3) is 3.53. The van der Waals surface area contributed by atoms with Gasteiger partial charge >= 0.3 is 0 Å². The summed E-state index contributed by atoms with van der Waals surface area (Å²) < 4.78 is 5.22. The number of para-hydroxylation sites is 1. The third-order valence-corrected chi connectivity index (χ3v) is 4.01. The SMILES string of the molecule is COc1cccc(NCCN(C)C2CCCC2)c1N. The van der Waals surface area contributed by atoms with Crippen molar-refractivity contribution in [2.75, 3.05) is 38.3 Å². The molecule has 0 aliphatic heterocycles. The molecule has 0 unspecified atom stereocenters. The summed E-state index contributed by atoms with van der Waals surface area (Å²) in [6.07, 6.45) is 5.45. The van der Waals surface area contributed by atoms with Crippen LogP contribution in [0.4, 0.5) is 11.4 Å². The van der Waals surface area contributed by atoms with Crippen LogP contribution in [0, 0.1) is 0 Å². The molecule has 0 atom stereocenters. The highest BCUT2D eigenvalue weighted by Crippen LogP contribution is 2.28. The first kappa shape index (κ1) is 14.0. The number of nitrogen functional groups attached to an aromatic ring is 1. The van der Waals surface area contributed by atoms with E-state index in [-0.39, 0.29) is 0 Å². The largest absolute Gasteiger partial charge is 0.495 e. The molecule has 19 heavy (non-hydrogen) atoms. The number of hydrogen-bond donors (Lipinski definition) is 2. The van der Waals surface area contributed by atoms with Crippen molar-refractivity contribution in [3.05, 3.63) is 18.2 Å². The van der Waals surface area contributed by atoms with Crippen molar-refractivity contribution in [2.24, 2.45) is 0 Å². The van der Waals surface area contributed by atoms with Crippen molar-refractivity contribution in [1.82, 2.24) is 4.90 Å². The quantitative estimate of drug-likeness (QED) is 0.775. The highest BCUT2D eigenvalue weighted by molar-refractivity contribution is 5.72. The van der Waals surface area contributed by atoms with Crippen molar-refractivity contribution in [3.8, 4) is 5.75 Å². The maximum absolute atomic E-state index is 6.03. The minimum absolute atomic E-state index is 0.688. The Morgan fingerprint density at radius 3 is 2.79 bits per heavy atom. The lowest BCUT2D eigenvalue weighted by Gasteiger charge is -2.24. The number of methoxy groups -OCH3 is 1. The van der Waals surface area contributed by atoms with E-state index in [9.17, 15) is 0 Å². The van der Waals surface area contributed by atoms with Gasteiger partial charge in [0.1, 0.15) is 5.75 Å². The number of nitrogens with one attached hydrogen (secondary N) is 1.